The standard InChI is InChI=1S/C20H24ClN3O3/c1-13-10-17(24-8-9-27-12-14(24)2)23-20(26-3)18(13)19(25)22-11-15-4-6-16(21)7-5-15/h4-7,10,14H,8-9,11-12H2,1-3H3,(H,22,25)/t14-/m1/s1. The van der Waals surface area contributed by atoms with Crippen molar-refractivity contribution >= 4 is 23.3 Å². The molecule has 0 saturated carbocycles. The summed E-state index contributed by atoms with van der Waals surface area (Å²) in [6.07, 6.45) is 0. The topological polar surface area (TPSA) is 63.7 Å². The summed E-state index contributed by atoms with van der Waals surface area (Å²) >= 11 is 5.90. The first-order valence-corrected chi connectivity index (χ1v) is 9.30. The number of anilines is 1. The third-order valence-electron chi connectivity index (χ3n) is 4.62. The molecule has 7 heteroatoms. The maximum absolute atomic E-state index is 12.7. The quantitative estimate of drug-likeness (QED) is 0.850. The number of morpholine rings is 1. The molecule has 1 aromatic carbocycles. The van der Waals surface area contributed by atoms with Crippen LogP contribution in [0.3, 0.4) is 0 Å². The second kappa shape index (κ2) is 8.59. The number of hydrogen-bond acceptors (Lipinski definition) is 5. The number of aromatic nitrogens is 1. The number of methoxy groups -OCH3 is 1. The zero-order valence-corrected chi connectivity index (χ0v) is 16.5. The predicted molar refractivity (Wildman–Crippen MR) is 106 cm³/mol. The molecule has 1 saturated heterocycles. The molecule has 0 radical (unpaired) electrons. The highest BCUT2D eigenvalue weighted by molar-refractivity contribution is 6.30. The van der Waals surface area contributed by atoms with Crippen LogP contribution in [0.25, 0.3) is 0 Å². The minimum atomic E-state index is -0.214. The summed E-state index contributed by atoms with van der Waals surface area (Å²) in [5, 5.41) is 3.59. The molecule has 1 fully saturated rings. The van der Waals surface area contributed by atoms with Crippen LogP contribution in [0, 0.1) is 6.92 Å². The van der Waals surface area contributed by atoms with Gasteiger partial charge in [0.25, 0.3) is 5.91 Å². The van der Waals surface area contributed by atoms with Gasteiger partial charge in [0.1, 0.15) is 11.4 Å². The fourth-order valence-electron chi connectivity index (χ4n) is 3.14. The lowest BCUT2D eigenvalue weighted by atomic mass is 10.1. The molecule has 6 nitrogen and oxygen atoms in total. The lowest BCUT2D eigenvalue weighted by molar-refractivity contribution is 0.0945. The zero-order chi connectivity index (χ0) is 19.4. The van der Waals surface area contributed by atoms with Gasteiger partial charge in [-0.15, -0.1) is 0 Å². The second-order valence-electron chi connectivity index (χ2n) is 6.61. The minimum absolute atomic E-state index is 0.214. The van der Waals surface area contributed by atoms with E-state index >= 15 is 0 Å². The molecule has 1 N–H and O–H groups in total. The number of pyridine rings is 1. The first-order valence-electron chi connectivity index (χ1n) is 8.92. The Hall–Kier alpha value is -2.31. The Morgan fingerprint density at radius 2 is 2.15 bits per heavy atom. The van der Waals surface area contributed by atoms with Gasteiger partial charge in [0.15, 0.2) is 0 Å². The highest BCUT2D eigenvalue weighted by atomic mass is 35.5. The Morgan fingerprint density at radius 1 is 1.41 bits per heavy atom. The number of amides is 1. The molecule has 144 valence electrons. The Labute approximate surface area is 164 Å². The van der Waals surface area contributed by atoms with Crippen LogP contribution >= 0.6 is 11.6 Å². The number of halogens is 1. The van der Waals surface area contributed by atoms with Gasteiger partial charge in [-0.05, 0) is 43.2 Å². The van der Waals surface area contributed by atoms with Gasteiger partial charge < -0.3 is 19.7 Å². The Balaban J connectivity index is 1.79. The first kappa shape index (κ1) is 19.5. The van der Waals surface area contributed by atoms with Crippen LogP contribution in [0.15, 0.2) is 30.3 Å². The predicted octanol–water partition coefficient (Wildman–Crippen LogP) is 3.21. The summed E-state index contributed by atoms with van der Waals surface area (Å²) in [5.41, 5.74) is 2.25. The van der Waals surface area contributed by atoms with Gasteiger partial charge >= 0.3 is 0 Å². The monoisotopic (exact) mass is 389 g/mol. The summed E-state index contributed by atoms with van der Waals surface area (Å²) in [6, 6.07) is 9.52. The summed E-state index contributed by atoms with van der Waals surface area (Å²) in [5.74, 6) is 0.917. The molecule has 0 aliphatic carbocycles. The molecule has 2 heterocycles. The minimum Gasteiger partial charge on any atom is -0.480 e. The van der Waals surface area contributed by atoms with Crippen LogP contribution in [0.1, 0.15) is 28.4 Å². The van der Waals surface area contributed by atoms with Crippen LogP contribution in [0.4, 0.5) is 5.82 Å². The molecule has 1 aliphatic heterocycles. The molecule has 0 spiro atoms. The lowest BCUT2D eigenvalue weighted by Crippen LogP contribution is -2.44. The van der Waals surface area contributed by atoms with Crippen LogP contribution < -0.4 is 15.0 Å². The van der Waals surface area contributed by atoms with Gasteiger partial charge in [0.05, 0.1) is 26.4 Å². The van der Waals surface area contributed by atoms with E-state index in [0.717, 1.165) is 23.5 Å². The molecule has 1 aliphatic rings. The lowest BCUT2D eigenvalue weighted by Gasteiger charge is -2.34. The van der Waals surface area contributed by atoms with E-state index in [1.807, 2.05) is 25.1 Å². The number of carbonyl (C=O) groups is 1. The molecule has 27 heavy (non-hydrogen) atoms. The molecule has 2 aromatic rings. The second-order valence-corrected chi connectivity index (χ2v) is 7.04. The summed E-state index contributed by atoms with van der Waals surface area (Å²) in [4.78, 5) is 19.5. The van der Waals surface area contributed by atoms with E-state index in [9.17, 15) is 4.79 Å². The highest BCUT2D eigenvalue weighted by Gasteiger charge is 2.24. The first-order chi connectivity index (χ1) is 13.0. The van der Waals surface area contributed by atoms with Gasteiger partial charge in [-0.3, -0.25) is 4.79 Å². The molecular formula is C20H24ClN3O3. The largest absolute Gasteiger partial charge is 0.480 e. The number of nitrogens with one attached hydrogen (secondary N) is 1. The molecule has 0 unspecified atom stereocenters. The van der Waals surface area contributed by atoms with E-state index in [1.165, 1.54) is 7.11 Å². The van der Waals surface area contributed by atoms with E-state index in [4.69, 9.17) is 21.1 Å². The SMILES string of the molecule is COc1nc(N2CCOC[C@H]2C)cc(C)c1C(=O)NCc1ccc(Cl)cc1. The summed E-state index contributed by atoms with van der Waals surface area (Å²) in [7, 11) is 1.53. The highest BCUT2D eigenvalue weighted by Crippen LogP contribution is 2.27. The average molecular weight is 390 g/mol. The van der Waals surface area contributed by atoms with E-state index in [0.29, 0.717) is 36.2 Å². The van der Waals surface area contributed by atoms with E-state index in [-0.39, 0.29) is 11.9 Å². The number of nitrogens with zero attached hydrogens (tertiary/aromatic N) is 2. The normalized spacial score (nSPS) is 16.9. The van der Waals surface area contributed by atoms with E-state index in [2.05, 4.69) is 22.1 Å². The Bertz CT molecular complexity index is 811. The van der Waals surface area contributed by atoms with Crippen molar-refractivity contribution in [3.63, 3.8) is 0 Å². The van der Waals surface area contributed by atoms with E-state index < -0.39 is 0 Å². The van der Waals surface area contributed by atoms with Gasteiger partial charge in [0, 0.05) is 18.1 Å². The fourth-order valence-corrected chi connectivity index (χ4v) is 3.26. The number of carbonyl (C=O) groups excluding carboxylic acids is 1. The van der Waals surface area contributed by atoms with Crippen molar-refractivity contribution in [2.24, 2.45) is 0 Å². The number of hydrogen-bond donors (Lipinski definition) is 1. The van der Waals surface area contributed by atoms with Crippen LogP contribution in [0.5, 0.6) is 5.88 Å². The van der Waals surface area contributed by atoms with Crippen molar-refractivity contribution in [1.29, 1.82) is 0 Å². The molecule has 1 atom stereocenters. The molecular weight excluding hydrogens is 366 g/mol. The number of rotatable bonds is 5. The van der Waals surface area contributed by atoms with Crippen molar-refractivity contribution in [2.75, 3.05) is 31.8 Å². The molecule has 3 rings (SSSR count). The van der Waals surface area contributed by atoms with Crippen LogP contribution in [0.2, 0.25) is 5.02 Å². The van der Waals surface area contributed by atoms with Crippen molar-refractivity contribution in [2.45, 2.75) is 26.4 Å². The Morgan fingerprint density at radius 3 is 2.81 bits per heavy atom. The van der Waals surface area contributed by atoms with Crippen LogP contribution in [-0.4, -0.2) is 43.8 Å². The van der Waals surface area contributed by atoms with Gasteiger partial charge in [-0.2, -0.15) is 4.98 Å². The van der Waals surface area contributed by atoms with Gasteiger partial charge in [-0.1, -0.05) is 23.7 Å². The van der Waals surface area contributed by atoms with Gasteiger partial charge in [-0.25, -0.2) is 0 Å². The number of aryl methyl sites for hydroxylation is 1. The van der Waals surface area contributed by atoms with Crippen molar-refractivity contribution in [1.82, 2.24) is 10.3 Å². The average Bonchev–Trinajstić information content (AvgIpc) is 2.67. The van der Waals surface area contributed by atoms with Crippen molar-refractivity contribution < 1.29 is 14.3 Å². The zero-order valence-electron chi connectivity index (χ0n) is 15.8. The van der Waals surface area contributed by atoms with Crippen molar-refractivity contribution in [3.05, 3.63) is 52.0 Å². The number of benzene rings is 1. The van der Waals surface area contributed by atoms with E-state index in [1.54, 1.807) is 12.1 Å². The number of ether oxygens (including phenoxy) is 2. The van der Waals surface area contributed by atoms with Crippen LogP contribution in [-0.2, 0) is 11.3 Å². The smallest absolute Gasteiger partial charge is 0.257 e. The fraction of sp³-hybridized carbons (Fsp3) is 0.400. The maximum Gasteiger partial charge on any atom is 0.257 e. The third kappa shape index (κ3) is 4.51. The molecule has 0 bridgehead atoms. The van der Waals surface area contributed by atoms with Gasteiger partial charge in [0.2, 0.25) is 5.88 Å². The van der Waals surface area contributed by atoms with Crippen molar-refractivity contribution in [3.8, 4) is 5.88 Å². The molecule has 1 aromatic heterocycles. The Kier molecular flexibility index (Phi) is 6.19. The summed E-state index contributed by atoms with van der Waals surface area (Å²) in [6.45, 7) is 6.48. The third-order valence-corrected chi connectivity index (χ3v) is 4.87. The summed E-state index contributed by atoms with van der Waals surface area (Å²) < 4.78 is 10.9. The molecule has 1 amide bonds. The maximum atomic E-state index is 12.7.